The van der Waals surface area contributed by atoms with Gasteiger partial charge in [-0.15, -0.1) is 11.3 Å². The summed E-state index contributed by atoms with van der Waals surface area (Å²) in [7, 11) is 2.14. The van der Waals surface area contributed by atoms with Gasteiger partial charge in [0.25, 0.3) is 0 Å². The van der Waals surface area contributed by atoms with E-state index in [0.717, 1.165) is 26.2 Å². The van der Waals surface area contributed by atoms with Gasteiger partial charge in [0.15, 0.2) is 5.13 Å². The number of urea groups is 1. The summed E-state index contributed by atoms with van der Waals surface area (Å²) >= 11 is 1.41. The van der Waals surface area contributed by atoms with E-state index >= 15 is 0 Å². The van der Waals surface area contributed by atoms with Gasteiger partial charge in [-0.1, -0.05) is 0 Å². The average Bonchev–Trinajstić information content (AvgIpc) is 2.90. The van der Waals surface area contributed by atoms with Gasteiger partial charge in [0.2, 0.25) is 0 Å². The molecule has 1 aromatic rings. The Morgan fingerprint density at radius 3 is 2.70 bits per heavy atom. The highest BCUT2D eigenvalue weighted by molar-refractivity contribution is 7.13. The first kappa shape index (κ1) is 15.2. The molecule has 0 spiro atoms. The number of amides is 2. The number of thiazole rings is 1. The van der Waals surface area contributed by atoms with Gasteiger partial charge in [0, 0.05) is 49.8 Å². The van der Waals surface area contributed by atoms with Crippen LogP contribution in [0, 0.1) is 0 Å². The fraction of sp³-hybridized carbons (Fsp3) is 0.692. The van der Waals surface area contributed by atoms with E-state index in [9.17, 15) is 4.79 Å². The van der Waals surface area contributed by atoms with Crippen molar-refractivity contribution in [3.8, 4) is 0 Å². The zero-order valence-corrected chi connectivity index (χ0v) is 13.2. The molecule has 1 aliphatic heterocycles. The zero-order chi connectivity index (χ0) is 14.6. The van der Waals surface area contributed by atoms with E-state index in [1.54, 1.807) is 6.20 Å². The fourth-order valence-corrected chi connectivity index (χ4v) is 2.77. The summed E-state index contributed by atoms with van der Waals surface area (Å²) in [6.07, 6.45) is 1.68. The Hall–Kier alpha value is -1.18. The van der Waals surface area contributed by atoms with Gasteiger partial charge in [0.05, 0.1) is 0 Å². The predicted molar refractivity (Wildman–Crippen MR) is 82.3 cm³/mol. The summed E-state index contributed by atoms with van der Waals surface area (Å²) in [5.41, 5.74) is -0.0402. The molecule has 112 valence electrons. The second kappa shape index (κ2) is 6.51. The lowest BCUT2D eigenvalue weighted by Crippen LogP contribution is -2.58. The van der Waals surface area contributed by atoms with Crippen LogP contribution in [0.2, 0.25) is 0 Å². The van der Waals surface area contributed by atoms with Gasteiger partial charge in [-0.3, -0.25) is 10.2 Å². The maximum absolute atomic E-state index is 11.8. The summed E-state index contributed by atoms with van der Waals surface area (Å²) in [4.78, 5) is 20.6. The smallest absolute Gasteiger partial charge is 0.321 e. The molecule has 2 amide bonds. The van der Waals surface area contributed by atoms with Crippen molar-refractivity contribution in [2.75, 3.05) is 45.1 Å². The van der Waals surface area contributed by atoms with E-state index in [2.05, 4.69) is 46.3 Å². The van der Waals surface area contributed by atoms with Crippen molar-refractivity contribution in [3.05, 3.63) is 11.6 Å². The quantitative estimate of drug-likeness (QED) is 0.879. The van der Waals surface area contributed by atoms with Gasteiger partial charge >= 0.3 is 6.03 Å². The van der Waals surface area contributed by atoms with E-state index in [1.165, 1.54) is 11.3 Å². The van der Waals surface area contributed by atoms with Crippen molar-refractivity contribution in [3.63, 3.8) is 0 Å². The normalized spacial score (nSPS) is 17.9. The Bertz CT molecular complexity index is 426. The molecular weight excluding hydrogens is 274 g/mol. The molecule has 0 unspecified atom stereocenters. The van der Waals surface area contributed by atoms with E-state index < -0.39 is 0 Å². The number of aromatic nitrogens is 1. The minimum Gasteiger partial charge on any atom is -0.336 e. The number of nitrogens with zero attached hydrogens (tertiary/aromatic N) is 3. The second-order valence-corrected chi connectivity index (χ2v) is 6.64. The molecule has 2 rings (SSSR count). The number of carbonyl (C=O) groups is 1. The summed E-state index contributed by atoms with van der Waals surface area (Å²) in [5.74, 6) is 0. The van der Waals surface area contributed by atoms with Crippen molar-refractivity contribution < 1.29 is 4.79 Å². The lowest BCUT2D eigenvalue weighted by Gasteiger charge is -2.43. The number of hydrogen-bond acceptors (Lipinski definition) is 5. The number of piperazine rings is 1. The number of hydrogen-bond donors (Lipinski definition) is 2. The number of anilines is 1. The third kappa shape index (κ3) is 4.16. The van der Waals surface area contributed by atoms with Crippen LogP contribution in [0.5, 0.6) is 0 Å². The van der Waals surface area contributed by atoms with Crippen LogP contribution < -0.4 is 10.6 Å². The monoisotopic (exact) mass is 297 g/mol. The lowest BCUT2D eigenvalue weighted by atomic mass is 10.0. The molecule has 1 fully saturated rings. The van der Waals surface area contributed by atoms with E-state index in [-0.39, 0.29) is 11.6 Å². The first-order valence-corrected chi connectivity index (χ1v) is 7.73. The molecule has 0 saturated carbocycles. The zero-order valence-electron chi connectivity index (χ0n) is 12.3. The Labute approximate surface area is 124 Å². The third-order valence-electron chi connectivity index (χ3n) is 3.69. The SMILES string of the molecule is CN1CCN(C(C)(C)CNC(=O)Nc2nccs2)CC1. The highest BCUT2D eigenvalue weighted by Crippen LogP contribution is 2.16. The Kier molecular flexibility index (Phi) is 4.95. The summed E-state index contributed by atoms with van der Waals surface area (Å²) < 4.78 is 0. The van der Waals surface area contributed by atoms with Gasteiger partial charge < -0.3 is 10.2 Å². The van der Waals surface area contributed by atoms with Gasteiger partial charge in [-0.2, -0.15) is 0 Å². The van der Waals surface area contributed by atoms with Gasteiger partial charge in [-0.05, 0) is 20.9 Å². The van der Waals surface area contributed by atoms with Gasteiger partial charge in [0.1, 0.15) is 0 Å². The molecular formula is C13H23N5OS. The molecule has 0 aliphatic carbocycles. The Balaban J connectivity index is 1.78. The summed E-state index contributed by atoms with van der Waals surface area (Å²) in [6.45, 7) is 9.19. The third-order valence-corrected chi connectivity index (χ3v) is 4.38. The Morgan fingerprint density at radius 1 is 1.40 bits per heavy atom. The maximum atomic E-state index is 11.8. The first-order chi connectivity index (χ1) is 9.47. The predicted octanol–water partition coefficient (Wildman–Crippen LogP) is 1.29. The Morgan fingerprint density at radius 2 is 2.10 bits per heavy atom. The molecule has 6 nitrogen and oxygen atoms in total. The highest BCUT2D eigenvalue weighted by atomic mass is 32.1. The van der Waals surface area contributed by atoms with Crippen LogP contribution >= 0.6 is 11.3 Å². The largest absolute Gasteiger partial charge is 0.336 e. The molecule has 0 bridgehead atoms. The molecule has 1 saturated heterocycles. The maximum Gasteiger partial charge on any atom is 0.321 e. The molecule has 0 aromatic carbocycles. The van der Waals surface area contributed by atoms with Crippen LogP contribution in [0.15, 0.2) is 11.6 Å². The van der Waals surface area contributed by atoms with E-state index in [4.69, 9.17) is 0 Å². The number of carbonyl (C=O) groups excluding carboxylic acids is 1. The number of likely N-dealkylation sites (N-methyl/N-ethyl adjacent to an activating group) is 1. The standard InChI is InChI=1S/C13H23N5OS/c1-13(2,18-7-5-17(3)6-8-18)10-15-11(19)16-12-14-4-9-20-12/h4,9H,5-8,10H2,1-3H3,(H2,14,15,16,19). The van der Waals surface area contributed by atoms with Gasteiger partial charge in [-0.25, -0.2) is 9.78 Å². The molecule has 0 atom stereocenters. The van der Waals surface area contributed by atoms with Crippen molar-refractivity contribution in [2.45, 2.75) is 19.4 Å². The summed E-state index contributed by atoms with van der Waals surface area (Å²) in [5, 5.41) is 8.13. The van der Waals surface area contributed by atoms with Crippen LogP contribution in [-0.2, 0) is 0 Å². The van der Waals surface area contributed by atoms with Crippen molar-refractivity contribution >= 4 is 22.5 Å². The minimum absolute atomic E-state index is 0.0402. The van der Waals surface area contributed by atoms with Crippen LogP contribution in [0.25, 0.3) is 0 Å². The second-order valence-electron chi connectivity index (χ2n) is 5.75. The first-order valence-electron chi connectivity index (χ1n) is 6.85. The van der Waals surface area contributed by atoms with Crippen molar-refractivity contribution in [1.29, 1.82) is 0 Å². The topological polar surface area (TPSA) is 60.5 Å². The lowest BCUT2D eigenvalue weighted by molar-refractivity contribution is 0.0636. The molecule has 2 heterocycles. The number of rotatable bonds is 4. The molecule has 1 aromatic heterocycles. The average molecular weight is 297 g/mol. The van der Waals surface area contributed by atoms with Crippen molar-refractivity contribution in [1.82, 2.24) is 20.1 Å². The van der Waals surface area contributed by atoms with E-state index in [1.807, 2.05) is 5.38 Å². The fourth-order valence-electron chi connectivity index (χ4n) is 2.25. The molecule has 2 N–H and O–H groups in total. The molecule has 20 heavy (non-hydrogen) atoms. The molecule has 0 radical (unpaired) electrons. The van der Waals surface area contributed by atoms with Crippen LogP contribution in [0.1, 0.15) is 13.8 Å². The van der Waals surface area contributed by atoms with Crippen LogP contribution in [-0.4, -0.2) is 66.1 Å². The van der Waals surface area contributed by atoms with Crippen molar-refractivity contribution in [2.24, 2.45) is 0 Å². The van der Waals surface area contributed by atoms with E-state index in [0.29, 0.717) is 11.7 Å². The highest BCUT2D eigenvalue weighted by Gasteiger charge is 2.29. The molecule has 1 aliphatic rings. The minimum atomic E-state index is -0.192. The number of nitrogens with one attached hydrogen (secondary N) is 2. The van der Waals surface area contributed by atoms with Crippen LogP contribution in [0.4, 0.5) is 9.93 Å². The summed E-state index contributed by atoms with van der Waals surface area (Å²) in [6, 6.07) is -0.192. The molecule has 7 heteroatoms. The van der Waals surface area contributed by atoms with Crippen LogP contribution in [0.3, 0.4) is 0 Å².